The summed E-state index contributed by atoms with van der Waals surface area (Å²) < 4.78 is 12.8. The van der Waals surface area contributed by atoms with Crippen LogP contribution in [0, 0.1) is 11.7 Å². The van der Waals surface area contributed by atoms with Crippen LogP contribution in [0.4, 0.5) is 4.39 Å². The van der Waals surface area contributed by atoms with Crippen molar-refractivity contribution in [2.45, 2.75) is 13.8 Å². The van der Waals surface area contributed by atoms with E-state index in [9.17, 15) is 14.0 Å². The Morgan fingerprint density at radius 1 is 1.00 bits per heavy atom. The second-order valence-corrected chi connectivity index (χ2v) is 5.28. The molecule has 1 aliphatic rings. The molecule has 1 aliphatic heterocycles. The first kappa shape index (κ1) is 14.5. The molecule has 108 valence electrons. The lowest BCUT2D eigenvalue weighted by atomic mass is 10.1. The second-order valence-electron chi connectivity index (χ2n) is 5.28. The van der Waals surface area contributed by atoms with Gasteiger partial charge in [-0.05, 0) is 24.3 Å². The monoisotopic (exact) mass is 278 g/mol. The van der Waals surface area contributed by atoms with E-state index in [1.54, 1.807) is 9.80 Å². The van der Waals surface area contributed by atoms with E-state index in [1.807, 2.05) is 13.8 Å². The Morgan fingerprint density at radius 3 is 2.00 bits per heavy atom. The van der Waals surface area contributed by atoms with E-state index >= 15 is 0 Å². The Bertz CT molecular complexity index is 491. The van der Waals surface area contributed by atoms with Gasteiger partial charge < -0.3 is 9.80 Å². The van der Waals surface area contributed by atoms with Crippen molar-refractivity contribution in [3.63, 3.8) is 0 Å². The van der Waals surface area contributed by atoms with Gasteiger partial charge in [0.05, 0.1) is 0 Å². The summed E-state index contributed by atoms with van der Waals surface area (Å²) >= 11 is 0. The number of piperazine rings is 1. The van der Waals surface area contributed by atoms with Gasteiger partial charge in [0, 0.05) is 37.7 Å². The molecule has 0 radical (unpaired) electrons. The Morgan fingerprint density at radius 2 is 1.50 bits per heavy atom. The van der Waals surface area contributed by atoms with Crippen LogP contribution in [0.1, 0.15) is 24.2 Å². The second kappa shape index (κ2) is 6.03. The third-order valence-electron chi connectivity index (χ3n) is 3.46. The molecular formula is C15H19FN2O2. The molecule has 1 saturated heterocycles. The van der Waals surface area contributed by atoms with Crippen LogP contribution in [-0.4, -0.2) is 47.8 Å². The van der Waals surface area contributed by atoms with E-state index in [1.165, 1.54) is 24.3 Å². The van der Waals surface area contributed by atoms with E-state index in [0.29, 0.717) is 31.7 Å². The van der Waals surface area contributed by atoms with Crippen molar-refractivity contribution in [2.75, 3.05) is 26.2 Å². The lowest BCUT2D eigenvalue weighted by molar-refractivity contribution is -0.135. The number of benzene rings is 1. The third kappa shape index (κ3) is 3.15. The normalized spacial score (nSPS) is 15.6. The lowest BCUT2D eigenvalue weighted by Gasteiger charge is -2.35. The third-order valence-corrected chi connectivity index (χ3v) is 3.46. The molecule has 1 fully saturated rings. The fourth-order valence-electron chi connectivity index (χ4n) is 2.27. The van der Waals surface area contributed by atoms with E-state index < -0.39 is 0 Å². The number of carbonyl (C=O) groups is 2. The maximum atomic E-state index is 12.8. The Kier molecular flexibility index (Phi) is 4.37. The van der Waals surface area contributed by atoms with Gasteiger partial charge >= 0.3 is 0 Å². The molecule has 0 N–H and O–H groups in total. The molecule has 1 heterocycles. The topological polar surface area (TPSA) is 40.6 Å². The molecule has 5 heteroatoms. The minimum Gasteiger partial charge on any atom is -0.339 e. The average molecular weight is 278 g/mol. The van der Waals surface area contributed by atoms with Crippen molar-refractivity contribution >= 4 is 11.8 Å². The van der Waals surface area contributed by atoms with E-state index in [0.717, 1.165) is 0 Å². The van der Waals surface area contributed by atoms with Crippen molar-refractivity contribution in [3.05, 3.63) is 35.6 Å². The predicted octanol–water partition coefficient (Wildman–Crippen LogP) is 1.77. The van der Waals surface area contributed by atoms with Crippen molar-refractivity contribution in [1.29, 1.82) is 0 Å². The predicted molar refractivity (Wildman–Crippen MR) is 73.7 cm³/mol. The molecule has 1 aromatic rings. The number of hydrogen-bond acceptors (Lipinski definition) is 2. The summed E-state index contributed by atoms with van der Waals surface area (Å²) in [6.45, 7) is 5.91. The summed E-state index contributed by atoms with van der Waals surface area (Å²) in [6.07, 6.45) is 0. The zero-order valence-electron chi connectivity index (χ0n) is 11.8. The summed E-state index contributed by atoms with van der Waals surface area (Å²) in [5, 5.41) is 0. The Hall–Kier alpha value is -1.91. The maximum absolute atomic E-state index is 12.8. The van der Waals surface area contributed by atoms with Crippen LogP contribution < -0.4 is 0 Å². The van der Waals surface area contributed by atoms with Gasteiger partial charge in [-0.1, -0.05) is 13.8 Å². The highest BCUT2D eigenvalue weighted by Gasteiger charge is 2.25. The van der Waals surface area contributed by atoms with Crippen molar-refractivity contribution in [1.82, 2.24) is 9.80 Å². The molecule has 0 atom stereocenters. The quantitative estimate of drug-likeness (QED) is 0.827. The zero-order valence-corrected chi connectivity index (χ0v) is 11.8. The van der Waals surface area contributed by atoms with Gasteiger partial charge in [-0.15, -0.1) is 0 Å². The van der Waals surface area contributed by atoms with Gasteiger partial charge in [-0.3, -0.25) is 9.59 Å². The average Bonchev–Trinajstić information content (AvgIpc) is 2.46. The van der Waals surface area contributed by atoms with Crippen molar-refractivity contribution in [2.24, 2.45) is 5.92 Å². The van der Waals surface area contributed by atoms with Crippen LogP contribution in [-0.2, 0) is 4.79 Å². The molecule has 2 amide bonds. The summed E-state index contributed by atoms with van der Waals surface area (Å²) in [5.74, 6) is -0.358. The lowest BCUT2D eigenvalue weighted by Crippen LogP contribution is -2.51. The minimum absolute atomic E-state index is 0.0191. The maximum Gasteiger partial charge on any atom is 0.253 e. The number of halogens is 1. The van der Waals surface area contributed by atoms with E-state index in [4.69, 9.17) is 0 Å². The molecule has 0 unspecified atom stereocenters. The van der Waals surface area contributed by atoms with Crippen LogP contribution in [0.5, 0.6) is 0 Å². The number of rotatable bonds is 2. The van der Waals surface area contributed by atoms with Crippen LogP contribution in [0.15, 0.2) is 24.3 Å². The minimum atomic E-state index is -0.353. The smallest absolute Gasteiger partial charge is 0.253 e. The summed E-state index contributed by atoms with van der Waals surface area (Å²) in [5.41, 5.74) is 0.482. The first-order valence-corrected chi connectivity index (χ1v) is 6.82. The molecule has 1 aromatic carbocycles. The molecule has 0 bridgehead atoms. The zero-order chi connectivity index (χ0) is 14.7. The van der Waals surface area contributed by atoms with Gasteiger partial charge in [0.15, 0.2) is 0 Å². The van der Waals surface area contributed by atoms with Gasteiger partial charge in [0.25, 0.3) is 5.91 Å². The van der Waals surface area contributed by atoms with Crippen LogP contribution in [0.2, 0.25) is 0 Å². The van der Waals surface area contributed by atoms with Crippen molar-refractivity contribution in [3.8, 4) is 0 Å². The largest absolute Gasteiger partial charge is 0.339 e. The highest BCUT2D eigenvalue weighted by Crippen LogP contribution is 2.11. The SMILES string of the molecule is CC(C)C(=O)N1CCN(C(=O)c2ccc(F)cc2)CC1. The molecule has 2 rings (SSSR count). The fraction of sp³-hybridized carbons (Fsp3) is 0.467. The van der Waals surface area contributed by atoms with E-state index in [2.05, 4.69) is 0 Å². The molecule has 0 spiro atoms. The van der Waals surface area contributed by atoms with Crippen molar-refractivity contribution < 1.29 is 14.0 Å². The summed E-state index contributed by atoms with van der Waals surface area (Å²) in [4.78, 5) is 27.6. The molecule has 0 aliphatic carbocycles. The number of carbonyl (C=O) groups excluding carboxylic acids is 2. The molecule has 0 aromatic heterocycles. The molecule has 20 heavy (non-hydrogen) atoms. The molecular weight excluding hydrogens is 259 g/mol. The Balaban J connectivity index is 1.95. The standard InChI is InChI=1S/C15H19FN2O2/c1-11(2)14(19)17-7-9-18(10-8-17)15(20)12-3-5-13(16)6-4-12/h3-6,11H,7-10H2,1-2H3. The first-order valence-electron chi connectivity index (χ1n) is 6.82. The van der Waals surface area contributed by atoms with Gasteiger partial charge in [-0.25, -0.2) is 4.39 Å². The Labute approximate surface area is 118 Å². The fourth-order valence-corrected chi connectivity index (χ4v) is 2.27. The van der Waals surface area contributed by atoms with Crippen LogP contribution in [0.25, 0.3) is 0 Å². The summed E-state index contributed by atoms with van der Waals surface area (Å²) in [7, 11) is 0. The number of nitrogens with zero attached hydrogens (tertiary/aromatic N) is 2. The number of hydrogen-bond donors (Lipinski definition) is 0. The highest BCUT2D eigenvalue weighted by atomic mass is 19.1. The molecule has 4 nitrogen and oxygen atoms in total. The van der Waals surface area contributed by atoms with Gasteiger partial charge in [0.2, 0.25) is 5.91 Å². The molecule has 0 saturated carbocycles. The first-order chi connectivity index (χ1) is 9.49. The number of amides is 2. The highest BCUT2D eigenvalue weighted by molar-refractivity contribution is 5.94. The van der Waals surface area contributed by atoms with Crippen LogP contribution >= 0.6 is 0 Å². The van der Waals surface area contributed by atoms with E-state index in [-0.39, 0.29) is 23.5 Å². The van der Waals surface area contributed by atoms with Gasteiger partial charge in [0.1, 0.15) is 5.82 Å². The summed E-state index contributed by atoms with van der Waals surface area (Å²) in [6, 6.07) is 5.55. The van der Waals surface area contributed by atoms with Gasteiger partial charge in [-0.2, -0.15) is 0 Å². The van der Waals surface area contributed by atoms with Crippen LogP contribution in [0.3, 0.4) is 0 Å².